The van der Waals surface area contributed by atoms with Gasteiger partial charge >= 0.3 is 0 Å². The number of rotatable bonds is 2. The predicted molar refractivity (Wildman–Crippen MR) is 79.8 cm³/mol. The highest BCUT2D eigenvalue weighted by Gasteiger charge is 2.31. The van der Waals surface area contributed by atoms with Gasteiger partial charge in [-0.3, -0.25) is 9.78 Å². The average molecular weight is 296 g/mol. The van der Waals surface area contributed by atoms with E-state index in [0.717, 1.165) is 24.9 Å². The van der Waals surface area contributed by atoms with Gasteiger partial charge in [-0.05, 0) is 42.7 Å². The molecule has 0 spiro atoms. The molecule has 4 rings (SSSR count). The Morgan fingerprint density at radius 3 is 3.00 bits per heavy atom. The maximum Gasteiger partial charge on any atom is 0.254 e. The van der Waals surface area contributed by atoms with Gasteiger partial charge in [0.05, 0.1) is 6.04 Å². The summed E-state index contributed by atoms with van der Waals surface area (Å²) < 4.78 is 10.7. The molecule has 22 heavy (non-hydrogen) atoms. The van der Waals surface area contributed by atoms with E-state index < -0.39 is 0 Å². The van der Waals surface area contributed by atoms with E-state index in [1.165, 1.54) is 0 Å². The molecule has 5 nitrogen and oxygen atoms in total. The van der Waals surface area contributed by atoms with E-state index in [9.17, 15) is 4.79 Å². The molecule has 2 aromatic rings. The van der Waals surface area contributed by atoms with E-state index in [2.05, 4.69) is 4.98 Å². The van der Waals surface area contributed by atoms with Crippen LogP contribution in [-0.4, -0.2) is 29.1 Å². The van der Waals surface area contributed by atoms with Gasteiger partial charge in [0.1, 0.15) is 0 Å². The minimum absolute atomic E-state index is 0.0321. The monoisotopic (exact) mass is 296 g/mol. The molecule has 1 amide bonds. The molecule has 112 valence electrons. The molecule has 2 aliphatic rings. The molecule has 1 saturated heterocycles. The molecule has 3 heterocycles. The molecule has 0 N–H and O–H groups in total. The van der Waals surface area contributed by atoms with E-state index in [4.69, 9.17) is 9.47 Å². The van der Waals surface area contributed by atoms with Crippen LogP contribution in [0.3, 0.4) is 0 Å². The number of hydrogen-bond donors (Lipinski definition) is 0. The molecule has 1 atom stereocenters. The summed E-state index contributed by atoms with van der Waals surface area (Å²) in [6.45, 7) is 0.988. The van der Waals surface area contributed by atoms with Crippen LogP contribution >= 0.6 is 0 Å². The maximum absolute atomic E-state index is 12.8. The standard InChI is InChI=1S/C17H16N2O3/c20-17(12-5-6-15-16(9-12)22-11-21-15)19-8-2-4-14(19)13-3-1-7-18-10-13/h1,3,5-7,9-10,14H,2,4,8,11H2. The highest BCUT2D eigenvalue weighted by atomic mass is 16.7. The Morgan fingerprint density at radius 2 is 2.14 bits per heavy atom. The van der Waals surface area contributed by atoms with Gasteiger partial charge in [-0.25, -0.2) is 0 Å². The molecule has 0 saturated carbocycles. The zero-order valence-electron chi connectivity index (χ0n) is 12.1. The number of likely N-dealkylation sites (tertiary alicyclic amines) is 1. The van der Waals surface area contributed by atoms with Crippen LogP contribution in [-0.2, 0) is 0 Å². The number of carbonyl (C=O) groups excluding carboxylic acids is 1. The van der Waals surface area contributed by atoms with Gasteiger partial charge in [0.25, 0.3) is 5.91 Å². The van der Waals surface area contributed by atoms with E-state index in [1.807, 2.05) is 23.2 Å². The molecule has 1 unspecified atom stereocenters. The van der Waals surface area contributed by atoms with Gasteiger partial charge < -0.3 is 14.4 Å². The SMILES string of the molecule is O=C(c1ccc2c(c1)OCO2)N1CCCC1c1cccnc1. The minimum Gasteiger partial charge on any atom is -0.454 e. The van der Waals surface area contributed by atoms with Crippen molar-refractivity contribution in [1.29, 1.82) is 0 Å². The van der Waals surface area contributed by atoms with Crippen molar-refractivity contribution in [2.45, 2.75) is 18.9 Å². The van der Waals surface area contributed by atoms with Crippen molar-refractivity contribution in [3.05, 3.63) is 53.9 Å². The Morgan fingerprint density at radius 1 is 1.23 bits per heavy atom. The van der Waals surface area contributed by atoms with Crippen molar-refractivity contribution < 1.29 is 14.3 Å². The van der Waals surface area contributed by atoms with Gasteiger partial charge in [0.15, 0.2) is 11.5 Å². The Balaban J connectivity index is 1.62. The quantitative estimate of drug-likeness (QED) is 0.855. The van der Waals surface area contributed by atoms with Crippen LogP contribution < -0.4 is 9.47 Å². The molecule has 0 aliphatic carbocycles. The van der Waals surface area contributed by atoms with Crippen LogP contribution in [0.1, 0.15) is 34.8 Å². The first-order valence-corrected chi connectivity index (χ1v) is 7.43. The molecular weight excluding hydrogens is 280 g/mol. The van der Waals surface area contributed by atoms with E-state index >= 15 is 0 Å². The third-order valence-electron chi connectivity index (χ3n) is 4.20. The van der Waals surface area contributed by atoms with Crippen LogP contribution in [0.5, 0.6) is 11.5 Å². The molecule has 1 aromatic carbocycles. The van der Waals surface area contributed by atoms with E-state index in [0.29, 0.717) is 17.1 Å². The van der Waals surface area contributed by atoms with Gasteiger partial charge in [0.2, 0.25) is 6.79 Å². The lowest BCUT2D eigenvalue weighted by molar-refractivity contribution is 0.0735. The average Bonchev–Trinajstić information content (AvgIpc) is 3.23. The first-order valence-electron chi connectivity index (χ1n) is 7.43. The number of fused-ring (bicyclic) bond motifs is 1. The summed E-state index contributed by atoms with van der Waals surface area (Å²) in [6.07, 6.45) is 5.58. The number of aromatic nitrogens is 1. The lowest BCUT2D eigenvalue weighted by Crippen LogP contribution is -2.30. The fourth-order valence-electron chi connectivity index (χ4n) is 3.12. The van der Waals surface area contributed by atoms with Crippen LogP contribution in [0.15, 0.2) is 42.7 Å². The minimum atomic E-state index is 0.0321. The second kappa shape index (κ2) is 5.33. The number of pyridine rings is 1. The largest absolute Gasteiger partial charge is 0.454 e. The number of benzene rings is 1. The summed E-state index contributed by atoms with van der Waals surface area (Å²) in [7, 11) is 0. The number of nitrogens with zero attached hydrogens (tertiary/aromatic N) is 2. The van der Waals surface area contributed by atoms with Crippen molar-refractivity contribution in [3.63, 3.8) is 0 Å². The summed E-state index contributed by atoms with van der Waals surface area (Å²) in [5.41, 5.74) is 1.73. The first-order chi connectivity index (χ1) is 10.8. The van der Waals surface area contributed by atoms with E-state index in [1.54, 1.807) is 24.4 Å². The second-order valence-electron chi connectivity index (χ2n) is 5.51. The van der Waals surface area contributed by atoms with Crippen molar-refractivity contribution >= 4 is 5.91 Å². The number of amides is 1. The maximum atomic E-state index is 12.8. The van der Waals surface area contributed by atoms with Crippen LogP contribution in [0.2, 0.25) is 0 Å². The Kier molecular flexibility index (Phi) is 3.18. The summed E-state index contributed by atoms with van der Waals surface area (Å²) in [4.78, 5) is 18.9. The van der Waals surface area contributed by atoms with Crippen LogP contribution in [0.25, 0.3) is 0 Å². The fraction of sp³-hybridized carbons (Fsp3) is 0.294. The van der Waals surface area contributed by atoms with Crippen molar-refractivity contribution in [2.75, 3.05) is 13.3 Å². The Labute approximate surface area is 128 Å². The van der Waals surface area contributed by atoms with E-state index in [-0.39, 0.29) is 18.7 Å². The molecule has 1 fully saturated rings. The number of hydrogen-bond acceptors (Lipinski definition) is 4. The van der Waals surface area contributed by atoms with Crippen LogP contribution in [0.4, 0.5) is 0 Å². The van der Waals surface area contributed by atoms with Gasteiger partial charge in [-0.15, -0.1) is 0 Å². The topological polar surface area (TPSA) is 51.7 Å². The lowest BCUT2D eigenvalue weighted by atomic mass is 10.1. The molecule has 0 radical (unpaired) electrons. The molecule has 2 aliphatic heterocycles. The zero-order chi connectivity index (χ0) is 14.9. The summed E-state index contributed by atoms with van der Waals surface area (Å²) >= 11 is 0. The Hall–Kier alpha value is -2.56. The molecular formula is C17H16N2O3. The smallest absolute Gasteiger partial charge is 0.254 e. The number of carbonyl (C=O) groups is 1. The zero-order valence-corrected chi connectivity index (χ0v) is 12.1. The van der Waals surface area contributed by atoms with Gasteiger partial charge in [-0.2, -0.15) is 0 Å². The molecule has 5 heteroatoms. The Bertz CT molecular complexity index is 702. The lowest BCUT2D eigenvalue weighted by Gasteiger charge is -2.25. The summed E-state index contributed by atoms with van der Waals surface area (Å²) in [6, 6.07) is 9.41. The first kappa shape index (κ1) is 13.1. The van der Waals surface area contributed by atoms with Crippen LogP contribution in [0, 0.1) is 0 Å². The van der Waals surface area contributed by atoms with Crippen molar-refractivity contribution in [3.8, 4) is 11.5 Å². The number of ether oxygens (including phenoxy) is 2. The fourth-order valence-corrected chi connectivity index (χ4v) is 3.12. The molecule has 0 bridgehead atoms. The second-order valence-corrected chi connectivity index (χ2v) is 5.51. The third-order valence-corrected chi connectivity index (χ3v) is 4.20. The highest BCUT2D eigenvalue weighted by Crippen LogP contribution is 2.36. The van der Waals surface area contributed by atoms with Gasteiger partial charge in [0, 0.05) is 24.5 Å². The predicted octanol–water partition coefficient (Wildman–Crippen LogP) is 2.79. The normalized spacial score (nSPS) is 19.5. The summed E-state index contributed by atoms with van der Waals surface area (Å²) in [5.74, 6) is 1.37. The van der Waals surface area contributed by atoms with Crippen molar-refractivity contribution in [2.24, 2.45) is 0 Å². The van der Waals surface area contributed by atoms with Crippen molar-refractivity contribution in [1.82, 2.24) is 9.88 Å². The van der Waals surface area contributed by atoms with Gasteiger partial charge in [-0.1, -0.05) is 6.07 Å². The highest BCUT2D eigenvalue weighted by molar-refractivity contribution is 5.95. The molecule has 1 aromatic heterocycles. The third kappa shape index (κ3) is 2.19. The summed E-state index contributed by atoms with van der Waals surface area (Å²) in [5, 5.41) is 0.